The second-order valence-electron chi connectivity index (χ2n) is 4.01. The van der Waals surface area contributed by atoms with Gasteiger partial charge in [-0.3, -0.25) is 9.00 Å². The van der Waals surface area contributed by atoms with Crippen LogP contribution < -0.4 is 5.32 Å². The Morgan fingerprint density at radius 2 is 1.89 bits per heavy atom. The SMILES string of the molecule is CC(=O)N[C@@H](CS(=O)Cc1ccc(O)cc1)C(=O)O. The third-order valence-electron chi connectivity index (χ3n) is 2.29. The van der Waals surface area contributed by atoms with Gasteiger partial charge in [-0.1, -0.05) is 12.1 Å². The average molecular weight is 285 g/mol. The van der Waals surface area contributed by atoms with Gasteiger partial charge in [0.05, 0.1) is 5.75 Å². The Hall–Kier alpha value is -1.89. The number of benzene rings is 1. The number of amides is 1. The highest BCUT2D eigenvalue weighted by Gasteiger charge is 2.21. The monoisotopic (exact) mass is 285 g/mol. The Morgan fingerprint density at radius 3 is 2.37 bits per heavy atom. The fourth-order valence-electron chi connectivity index (χ4n) is 1.44. The number of hydrogen-bond donors (Lipinski definition) is 3. The summed E-state index contributed by atoms with van der Waals surface area (Å²) >= 11 is 0. The molecule has 0 aliphatic carbocycles. The number of carboxylic acid groups (broad SMARTS) is 1. The summed E-state index contributed by atoms with van der Waals surface area (Å²) in [7, 11) is -1.42. The number of rotatable bonds is 6. The molecule has 0 radical (unpaired) electrons. The molecule has 6 nitrogen and oxygen atoms in total. The molecule has 104 valence electrons. The fraction of sp³-hybridized carbons (Fsp3) is 0.333. The number of carbonyl (C=O) groups excluding carboxylic acids is 1. The van der Waals surface area contributed by atoms with Gasteiger partial charge in [-0.2, -0.15) is 0 Å². The van der Waals surface area contributed by atoms with Crippen LogP contribution in [0.5, 0.6) is 5.75 Å². The predicted octanol–water partition coefficient (Wildman–Crippen LogP) is 0.230. The highest BCUT2D eigenvalue weighted by Crippen LogP contribution is 2.11. The van der Waals surface area contributed by atoms with E-state index in [1.807, 2.05) is 0 Å². The zero-order valence-electron chi connectivity index (χ0n) is 10.3. The van der Waals surface area contributed by atoms with Crippen LogP contribution >= 0.6 is 0 Å². The molecule has 0 aliphatic rings. The van der Waals surface area contributed by atoms with Crippen LogP contribution in [0.4, 0.5) is 0 Å². The number of phenols is 1. The molecule has 19 heavy (non-hydrogen) atoms. The van der Waals surface area contributed by atoms with Crippen LogP contribution in [0.15, 0.2) is 24.3 Å². The summed E-state index contributed by atoms with van der Waals surface area (Å²) in [6, 6.07) is 5.00. The van der Waals surface area contributed by atoms with E-state index in [0.29, 0.717) is 0 Å². The molecular formula is C12H15NO5S. The smallest absolute Gasteiger partial charge is 0.327 e. The summed E-state index contributed by atoms with van der Waals surface area (Å²) in [4.78, 5) is 21.7. The van der Waals surface area contributed by atoms with E-state index in [1.54, 1.807) is 12.1 Å². The number of aromatic hydroxyl groups is 1. The van der Waals surface area contributed by atoms with Gasteiger partial charge in [0.25, 0.3) is 0 Å². The molecule has 3 N–H and O–H groups in total. The van der Waals surface area contributed by atoms with Crippen molar-refractivity contribution in [2.24, 2.45) is 0 Å². The molecule has 0 fully saturated rings. The van der Waals surface area contributed by atoms with Crippen LogP contribution in [0.25, 0.3) is 0 Å². The van der Waals surface area contributed by atoms with E-state index in [0.717, 1.165) is 5.56 Å². The average Bonchev–Trinajstić information content (AvgIpc) is 2.30. The van der Waals surface area contributed by atoms with E-state index in [4.69, 9.17) is 10.2 Å². The first-order valence-corrected chi connectivity index (χ1v) is 7.00. The quantitative estimate of drug-likeness (QED) is 0.694. The molecule has 0 saturated heterocycles. The van der Waals surface area contributed by atoms with E-state index in [1.165, 1.54) is 19.1 Å². The number of aliphatic carboxylic acids is 1. The molecule has 1 amide bonds. The minimum Gasteiger partial charge on any atom is -0.508 e. The Kier molecular flexibility index (Phi) is 5.50. The molecule has 0 bridgehead atoms. The molecule has 1 aromatic rings. The van der Waals surface area contributed by atoms with Gasteiger partial charge in [0, 0.05) is 23.5 Å². The van der Waals surface area contributed by atoms with Crippen LogP contribution in [0.3, 0.4) is 0 Å². The first-order chi connectivity index (χ1) is 8.88. The molecule has 0 saturated carbocycles. The number of carbonyl (C=O) groups is 2. The van der Waals surface area contributed by atoms with Crippen molar-refractivity contribution in [2.75, 3.05) is 5.75 Å². The lowest BCUT2D eigenvalue weighted by atomic mass is 10.2. The second kappa shape index (κ2) is 6.89. The van der Waals surface area contributed by atoms with Crippen LogP contribution in [-0.2, 0) is 26.1 Å². The highest BCUT2D eigenvalue weighted by molar-refractivity contribution is 7.84. The van der Waals surface area contributed by atoms with Crippen molar-refractivity contribution in [1.82, 2.24) is 5.32 Å². The topological polar surface area (TPSA) is 104 Å². The summed E-state index contributed by atoms with van der Waals surface area (Å²) in [5.41, 5.74) is 0.725. The Bertz CT molecular complexity index is 485. The third kappa shape index (κ3) is 5.52. The van der Waals surface area contributed by atoms with E-state index in [9.17, 15) is 13.8 Å². The van der Waals surface area contributed by atoms with Crippen molar-refractivity contribution < 1.29 is 24.0 Å². The molecule has 1 unspecified atom stereocenters. The van der Waals surface area contributed by atoms with E-state index in [2.05, 4.69) is 5.32 Å². The van der Waals surface area contributed by atoms with Crippen molar-refractivity contribution in [3.05, 3.63) is 29.8 Å². The normalized spacial score (nSPS) is 13.5. The van der Waals surface area contributed by atoms with Gasteiger partial charge in [0.1, 0.15) is 11.8 Å². The molecule has 1 aromatic carbocycles. The lowest BCUT2D eigenvalue weighted by Gasteiger charge is -2.12. The maximum absolute atomic E-state index is 11.8. The number of carboxylic acids is 1. The minimum absolute atomic E-state index is 0.108. The highest BCUT2D eigenvalue weighted by atomic mass is 32.2. The molecule has 2 atom stereocenters. The minimum atomic E-state index is -1.42. The van der Waals surface area contributed by atoms with Gasteiger partial charge in [-0.25, -0.2) is 4.79 Å². The first-order valence-electron chi connectivity index (χ1n) is 5.51. The van der Waals surface area contributed by atoms with Crippen LogP contribution in [0.2, 0.25) is 0 Å². The van der Waals surface area contributed by atoms with Gasteiger partial charge in [0.15, 0.2) is 0 Å². The second-order valence-corrected chi connectivity index (χ2v) is 5.51. The van der Waals surface area contributed by atoms with Crippen LogP contribution in [-0.4, -0.2) is 38.1 Å². The molecule has 1 rings (SSSR count). The van der Waals surface area contributed by atoms with E-state index >= 15 is 0 Å². The molecule has 0 heterocycles. The summed E-state index contributed by atoms with van der Waals surface area (Å²) in [5.74, 6) is -1.57. The first kappa shape index (κ1) is 15.2. The lowest BCUT2D eigenvalue weighted by Crippen LogP contribution is -2.43. The Balaban J connectivity index is 2.59. The van der Waals surface area contributed by atoms with Gasteiger partial charge < -0.3 is 15.5 Å². The van der Waals surface area contributed by atoms with Crippen molar-refractivity contribution in [3.63, 3.8) is 0 Å². The van der Waals surface area contributed by atoms with Gasteiger partial charge >= 0.3 is 5.97 Å². The molecule has 0 spiro atoms. The van der Waals surface area contributed by atoms with Crippen molar-refractivity contribution in [1.29, 1.82) is 0 Å². The van der Waals surface area contributed by atoms with E-state index < -0.39 is 28.7 Å². The van der Waals surface area contributed by atoms with Crippen molar-refractivity contribution in [3.8, 4) is 5.75 Å². The maximum Gasteiger partial charge on any atom is 0.327 e. The van der Waals surface area contributed by atoms with Crippen LogP contribution in [0.1, 0.15) is 12.5 Å². The fourth-order valence-corrected chi connectivity index (χ4v) is 2.72. The van der Waals surface area contributed by atoms with Crippen molar-refractivity contribution in [2.45, 2.75) is 18.7 Å². The summed E-state index contributed by atoms with van der Waals surface area (Å²) < 4.78 is 11.8. The third-order valence-corrected chi connectivity index (χ3v) is 3.65. The number of phenolic OH excluding ortho intramolecular Hbond substituents is 1. The summed E-state index contributed by atoms with van der Waals surface area (Å²) in [5, 5.41) is 20.2. The number of nitrogens with one attached hydrogen (secondary N) is 1. The Morgan fingerprint density at radius 1 is 1.32 bits per heavy atom. The van der Waals surface area contributed by atoms with Crippen molar-refractivity contribution >= 4 is 22.7 Å². The molecule has 0 aliphatic heterocycles. The standard InChI is InChI=1S/C12H15NO5S/c1-8(14)13-11(12(16)17)7-19(18)6-9-2-4-10(15)5-3-9/h2-5,11,15H,6-7H2,1H3,(H,13,14)(H,16,17)/t11-,19?/m0/s1. The Labute approximate surface area is 112 Å². The van der Waals surface area contributed by atoms with Crippen LogP contribution in [0, 0.1) is 0 Å². The van der Waals surface area contributed by atoms with E-state index in [-0.39, 0.29) is 17.3 Å². The van der Waals surface area contributed by atoms with Gasteiger partial charge in [0.2, 0.25) is 5.91 Å². The van der Waals surface area contributed by atoms with Gasteiger partial charge in [-0.15, -0.1) is 0 Å². The summed E-state index contributed by atoms with van der Waals surface area (Å²) in [6.45, 7) is 1.21. The van der Waals surface area contributed by atoms with Gasteiger partial charge in [-0.05, 0) is 17.7 Å². The maximum atomic E-state index is 11.8. The largest absolute Gasteiger partial charge is 0.508 e. The molecule has 7 heteroatoms. The zero-order chi connectivity index (χ0) is 14.4. The predicted molar refractivity (Wildman–Crippen MR) is 70.1 cm³/mol. The zero-order valence-corrected chi connectivity index (χ0v) is 11.1. The number of hydrogen-bond acceptors (Lipinski definition) is 4. The lowest BCUT2D eigenvalue weighted by molar-refractivity contribution is -0.140. The molecular weight excluding hydrogens is 270 g/mol. The molecule has 0 aromatic heterocycles. The summed E-state index contributed by atoms with van der Waals surface area (Å²) in [6.07, 6.45) is 0.